The number of methoxy groups -OCH3 is 1. The van der Waals surface area contributed by atoms with Gasteiger partial charge in [-0.2, -0.15) is 26.3 Å². The summed E-state index contributed by atoms with van der Waals surface area (Å²) in [5.41, 5.74) is -1.76. The summed E-state index contributed by atoms with van der Waals surface area (Å²) in [4.78, 5) is 89.9. The average molecular weight is 1880 g/mol. The summed E-state index contributed by atoms with van der Waals surface area (Å²) in [5.74, 6) is -2.18. The van der Waals surface area contributed by atoms with Gasteiger partial charge in [-0.15, -0.1) is 0 Å². The molecule has 41 nitrogen and oxygen atoms in total. The molecule has 710 valence electrons. The van der Waals surface area contributed by atoms with E-state index in [0.717, 1.165) is 22.4 Å². The average Bonchev–Trinajstić information content (AvgIpc) is 0.807. The van der Waals surface area contributed by atoms with Gasteiger partial charge < -0.3 is 144 Å². The number of nitrogens with one attached hydrogen (secondary N) is 8. The second kappa shape index (κ2) is 60.6. The Morgan fingerprint density at radius 1 is 0.524 bits per heavy atom. The molecule has 4 heterocycles. The minimum absolute atomic E-state index is 0.00169. The molecule has 2 aliphatic heterocycles. The van der Waals surface area contributed by atoms with E-state index in [1.807, 2.05) is 24.3 Å². The molecular weight excluding hydrogens is 1760 g/mol. The summed E-state index contributed by atoms with van der Waals surface area (Å²) in [6.45, 7) is 5.07. The van der Waals surface area contributed by atoms with Crippen LogP contribution in [0.2, 0.25) is 0 Å². The molecule has 0 radical (unpaired) electrons. The number of anilines is 2. The number of ether oxygens (including phenoxy) is 16. The minimum Gasteiger partial charge on any atom is -0.493 e. The van der Waals surface area contributed by atoms with Crippen LogP contribution in [0.15, 0.2) is 65.4 Å². The third-order valence-corrected chi connectivity index (χ3v) is 18.9. The lowest BCUT2D eigenvalue weighted by molar-refractivity contribution is -0.386. The quantitative estimate of drug-likeness (QED) is 0.0126. The van der Waals surface area contributed by atoms with E-state index in [0.29, 0.717) is 18.6 Å². The summed E-state index contributed by atoms with van der Waals surface area (Å²) in [6.07, 6.45) is -15.7. The molecule has 0 spiro atoms. The molecule has 0 aliphatic carbocycles. The van der Waals surface area contributed by atoms with Gasteiger partial charge in [-0.25, -0.2) is 19.9 Å². The Morgan fingerprint density at radius 2 is 0.944 bits per heavy atom. The number of rotatable bonds is 67. The molecule has 2 saturated heterocycles. The predicted molar refractivity (Wildman–Crippen MR) is 435 cm³/mol. The molecule has 2 aliphatic rings. The number of nitro benzene ring substituents is 1. The molecule has 2 aromatic heterocycles. The van der Waals surface area contributed by atoms with Crippen LogP contribution in [-0.4, -0.2) is 359 Å². The number of hydrogen-bond acceptors (Lipinski definition) is 35. The van der Waals surface area contributed by atoms with E-state index in [2.05, 4.69) is 78.4 Å². The van der Waals surface area contributed by atoms with Crippen LogP contribution in [-0.2, 0) is 109 Å². The number of alkyl halides is 6. The highest BCUT2D eigenvalue weighted by atomic mass is 79.9. The maximum atomic E-state index is 13.2. The highest BCUT2D eigenvalue weighted by Crippen LogP contribution is 2.38. The van der Waals surface area contributed by atoms with Crippen LogP contribution < -0.4 is 52.0 Å². The first-order valence-electron chi connectivity index (χ1n) is 40.8. The third-order valence-electron chi connectivity index (χ3n) is 18.3. The zero-order valence-corrected chi connectivity index (χ0v) is 71.6. The van der Waals surface area contributed by atoms with Crippen LogP contribution in [0, 0.1) is 10.1 Å². The van der Waals surface area contributed by atoms with Crippen LogP contribution in [0.4, 0.5) is 43.9 Å². The Hall–Kier alpha value is -8.19. The molecule has 2 fully saturated rings. The molecule has 5 amide bonds. The fourth-order valence-corrected chi connectivity index (χ4v) is 12.0. The van der Waals surface area contributed by atoms with E-state index in [1.54, 1.807) is 0 Å². The van der Waals surface area contributed by atoms with Gasteiger partial charge in [0.1, 0.15) is 48.0 Å². The molecule has 1 unspecified atom stereocenters. The third kappa shape index (κ3) is 43.7. The van der Waals surface area contributed by atoms with Crippen LogP contribution in [0.3, 0.4) is 0 Å². The van der Waals surface area contributed by atoms with Gasteiger partial charge in [0, 0.05) is 74.8 Å². The fourth-order valence-electron chi connectivity index (χ4n) is 11.8. The van der Waals surface area contributed by atoms with E-state index in [9.17, 15) is 86.0 Å². The number of nitrogens with zero attached hydrogens (tertiary/aromatic N) is 5. The van der Waals surface area contributed by atoms with E-state index in [1.165, 1.54) is 26.2 Å². The monoisotopic (exact) mass is 1880 g/mol. The second-order valence-electron chi connectivity index (χ2n) is 28.2. The largest absolute Gasteiger partial charge is 0.493 e. The Morgan fingerprint density at radius 3 is 1.37 bits per heavy atom. The highest BCUT2D eigenvalue weighted by molar-refractivity contribution is 9.10. The number of carbonyl (C=O) groups excluding carboxylic acids is 5. The lowest BCUT2D eigenvalue weighted by atomic mass is 9.98. The summed E-state index contributed by atoms with van der Waals surface area (Å²) < 4.78 is 168. The Labute approximate surface area is 731 Å². The SMILES string of the molecule is COc1cc(C(C)O)c([N+](=O)[O-])cc1OCCCC(=O)N[C@H](CC(=O)NCCOCCOCCNC(=O)CNC(COCCC(=O)NCCOCCOCCOCCOC[C@H]1OC[C@H](Nc2nccc(C(F)(F)F)n2)[C@@H](O)[C@H]1O)COCCC(=O)NCCOCCOCCOCCOC[C@H]1OC[C@H](Nc2nccc(C(F)(F)F)n2)[C@@H](O)[C@H]1O)Cc1ccc(Br)cc1. The van der Waals surface area contributed by atoms with Crippen molar-refractivity contribution in [2.45, 2.75) is 125 Å². The topological polar surface area (TPSA) is 525 Å². The van der Waals surface area contributed by atoms with Gasteiger partial charge in [-0.3, -0.25) is 34.1 Å². The van der Waals surface area contributed by atoms with Crippen molar-refractivity contribution in [1.29, 1.82) is 0 Å². The number of nitro groups is 1. The molecule has 2 aromatic carbocycles. The predicted octanol–water partition coefficient (Wildman–Crippen LogP) is 0.918. The Bertz CT molecular complexity index is 3650. The van der Waals surface area contributed by atoms with Gasteiger partial charge in [-0.05, 0) is 55.7 Å². The minimum atomic E-state index is -4.70. The molecule has 48 heteroatoms. The lowest BCUT2D eigenvalue weighted by Gasteiger charge is -2.37. The number of carbonyl (C=O) groups is 5. The van der Waals surface area contributed by atoms with Crippen molar-refractivity contribution in [2.75, 3.05) is 229 Å². The van der Waals surface area contributed by atoms with Crippen molar-refractivity contribution >= 4 is 63.0 Å². The zero-order valence-electron chi connectivity index (χ0n) is 70.0. The lowest BCUT2D eigenvalue weighted by Crippen LogP contribution is -2.57. The van der Waals surface area contributed by atoms with Crippen molar-refractivity contribution in [3.63, 3.8) is 0 Å². The summed E-state index contributed by atoms with van der Waals surface area (Å²) in [5, 5.41) is 86.1. The first-order chi connectivity index (χ1) is 60.6. The second-order valence-corrected chi connectivity index (χ2v) is 29.1. The number of aliphatic hydroxyl groups is 5. The van der Waals surface area contributed by atoms with Crippen molar-refractivity contribution in [3.8, 4) is 11.5 Å². The normalized spacial score (nSPS) is 18.3. The molecule has 0 bridgehead atoms. The maximum absolute atomic E-state index is 13.2. The van der Waals surface area contributed by atoms with Crippen molar-refractivity contribution in [2.24, 2.45) is 0 Å². The number of aromatic nitrogens is 4. The maximum Gasteiger partial charge on any atom is 0.433 e. The number of amides is 5. The Kier molecular flexibility index (Phi) is 51.2. The Balaban J connectivity index is 0.794. The van der Waals surface area contributed by atoms with Crippen molar-refractivity contribution < 1.29 is 157 Å². The summed E-state index contributed by atoms with van der Waals surface area (Å²) >= 11 is 3.42. The summed E-state index contributed by atoms with van der Waals surface area (Å²) in [7, 11) is 1.36. The van der Waals surface area contributed by atoms with Gasteiger partial charge in [0.2, 0.25) is 41.4 Å². The van der Waals surface area contributed by atoms with E-state index in [4.69, 9.17) is 75.8 Å². The fraction of sp³-hybridized carbons (Fsp3) is 0.679. The van der Waals surface area contributed by atoms with Crippen LogP contribution in [0.5, 0.6) is 11.5 Å². The smallest absolute Gasteiger partial charge is 0.433 e. The molecule has 126 heavy (non-hydrogen) atoms. The number of hydrogen-bond donors (Lipinski definition) is 13. The molecule has 6 rings (SSSR count). The number of benzene rings is 2. The number of halogens is 7. The van der Waals surface area contributed by atoms with E-state index in [-0.39, 0.29) is 307 Å². The van der Waals surface area contributed by atoms with Crippen LogP contribution in [0.25, 0.3) is 0 Å². The molecular formula is C78H116BrF6N13O28. The van der Waals surface area contributed by atoms with Crippen molar-refractivity contribution in [3.05, 3.63) is 98.0 Å². The first kappa shape index (κ1) is 107. The van der Waals surface area contributed by atoms with E-state index < -0.39 is 95.6 Å². The van der Waals surface area contributed by atoms with Gasteiger partial charge in [0.15, 0.2) is 11.5 Å². The molecule has 4 aromatic rings. The molecule has 10 atom stereocenters. The molecule has 0 saturated carbocycles. The van der Waals surface area contributed by atoms with Gasteiger partial charge in [0.05, 0.1) is 233 Å². The summed E-state index contributed by atoms with van der Waals surface area (Å²) in [6, 6.07) is 8.25. The van der Waals surface area contributed by atoms with Crippen LogP contribution >= 0.6 is 15.9 Å². The number of aliphatic hydroxyl groups excluding tert-OH is 5. The van der Waals surface area contributed by atoms with E-state index >= 15 is 0 Å². The highest BCUT2D eigenvalue weighted by Gasteiger charge is 2.42. The van der Waals surface area contributed by atoms with Gasteiger partial charge in [-0.1, -0.05) is 28.1 Å². The van der Waals surface area contributed by atoms with Gasteiger partial charge >= 0.3 is 12.4 Å². The van der Waals surface area contributed by atoms with Crippen molar-refractivity contribution in [1.82, 2.24) is 51.8 Å². The van der Waals surface area contributed by atoms with Crippen LogP contribution in [0.1, 0.15) is 67.6 Å². The van der Waals surface area contributed by atoms with Gasteiger partial charge in [0.25, 0.3) is 5.69 Å². The molecule has 13 N–H and O–H groups in total. The zero-order chi connectivity index (χ0) is 91.3. The first-order valence-corrected chi connectivity index (χ1v) is 41.6. The standard InChI is InChI=1S/C78H116BrF6N13O28/c1-51(99)56-42-60(111-2)61(43-59(56)98(109)110)124-19-3-4-68(102)93-54(40-52-5-7-53(79)8-6-52)41-69(103)88-17-24-114-26-27-115-25-18-89-70(104)44-92-55(45-120-20-11-66(100)86-15-22-112-28-30-116-32-34-118-36-38-122-49-62-73(107)71(105)57(47-125-62)94-75-90-13-9-64(96-75)77(80,81)82)46-121-21-12-67(101)87-16-23-113-29-31-117-33-35-119-37-39-123-50-63-74(108)72(106)58(48-126-63)95-76-91-14-10-65(97-76)78(83,84)85/h5-10,13-14,42-43,51,54-55,57-58,62-63,71-74,92,99,105-108H,3-4,11-12,15-41,44-50H2,1-2H3,(H,86,100)(H,87,101)(H,88,103)(H,89,104)(H,93,102)(H,90,94,96)(H,91,95,97)/t51?,54-,57-,58-,62+,63+,71+,72+,73-,74-/m0/s1.